The molecular formula is C7H10FN3O. The van der Waals surface area contributed by atoms with Gasteiger partial charge in [-0.1, -0.05) is 0 Å². The van der Waals surface area contributed by atoms with Crippen molar-refractivity contribution in [3.05, 3.63) is 12.3 Å². The molecule has 0 aliphatic rings. The first kappa shape index (κ1) is 8.70. The average molecular weight is 171 g/mol. The van der Waals surface area contributed by atoms with E-state index in [0.29, 0.717) is 12.4 Å². The first-order chi connectivity index (χ1) is 5.77. The van der Waals surface area contributed by atoms with Crippen LogP contribution in [-0.4, -0.2) is 22.4 Å². The third-order valence-electron chi connectivity index (χ3n) is 1.40. The minimum absolute atomic E-state index is 0.528. The SMILES string of the molecule is CCn1nccc1NC(=O)CF. The van der Waals surface area contributed by atoms with Crippen LogP contribution in [0.4, 0.5) is 10.2 Å². The van der Waals surface area contributed by atoms with Gasteiger partial charge in [-0.25, -0.2) is 9.07 Å². The van der Waals surface area contributed by atoms with E-state index >= 15 is 0 Å². The zero-order valence-corrected chi connectivity index (χ0v) is 6.75. The Hall–Kier alpha value is -1.39. The van der Waals surface area contributed by atoms with Crippen molar-refractivity contribution in [2.24, 2.45) is 0 Å². The first-order valence-electron chi connectivity index (χ1n) is 3.65. The summed E-state index contributed by atoms with van der Waals surface area (Å²) in [5.41, 5.74) is 0. The maximum Gasteiger partial charge on any atom is 0.256 e. The molecule has 0 saturated carbocycles. The van der Waals surface area contributed by atoms with Gasteiger partial charge in [-0.3, -0.25) is 4.79 Å². The number of rotatable bonds is 3. The molecular weight excluding hydrogens is 161 g/mol. The summed E-state index contributed by atoms with van der Waals surface area (Å²) in [5, 5.41) is 6.28. The quantitative estimate of drug-likeness (QED) is 0.731. The highest BCUT2D eigenvalue weighted by Crippen LogP contribution is 2.04. The molecule has 0 unspecified atom stereocenters. The fraction of sp³-hybridized carbons (Fsp3) is 0.429. The van der Waals surface area contributed by atoms with Gasteiger partial charge >= 0.3 is 0 Å². The summed E-state index contributed by atoms with van der Waals surface area (Å²) in [4.78, 5) is 10.6. The summed E-state index contributed by atoms with van der Waals surface area (Å²) in [6.45, 7) is 1.53. The van der Waals surface area contributed by atoms with Gasteiger partial charge in [-0.15, -0.1) is 0 Å². The molecule has 5 heteroatoms. The van der Waals surface area contributed by atoms with E-state index in [9.17, 15) is 9.18 Å². The Bertz CT molecular complexity index is 271. The van der Waals surface area contributed by atoms with E-state index in [1.807, 2.05) is 6.92 Å². The predicted octanol–water partition coefficient (Wildman–Crippen LogP) is 0.811. The maximum absolute atomic E-state index is 11.8. The highest BCUT2D eigenvalue weighted by Gasteiger charge is 2.04. The molecule has 0 radical (unpaired) electrons. The minimum atomic E-state index is -1.01. The van der Waals surface area contributed by atoms with Gasteiger partial charge in [0.05, 0.1) is 6.20 Å². The van der Waals surface area contributed by atoms with Crippen molar-refractivity contribution in [3.63, 3.8) is 0 Å². The largest absolute Gasteiger partial charge is 0.309 e. The predicted molar refractivity (Wildman–Crippen MR) is 42.5 cm³/mol. The molecule has 1 heterocycles. The van der Waals surface area contributed by atoms with Crippen molar-refractivity contribution in [2.45, 2.75) is 13.5 Å². The molecule has 1 amide bonds. The number of aromatic nitrogens is 2. The minimum Gasteiger partial charge on any atom is -0.309 e. The normalized spacial score (nSPS) is 9.83. The smallest absolute Gasteiger partial charge is 0.256 e. The summed E-state index contributed by atoms with van der Waals surface area (Å²) in [6.07, 6.45) is 1.55. The standard InChI is InChI=1S/C7H10FN3O/c1-2-11-6(3-4-9-11)10-7(12)5-8/h3-4H,2,5H2,1H3,(H,10,12). The number of anilines is 1. The number of hydrogen-bond acceptors (Lipinski definition) is 2. The summed E-state index contributed by atoms with van der Waals surface area (Å²) in [6, 6.07) is 1.62. The zero-order valence-electron chi connectivity index (χ0n) is 6.75. The lowest BCUT2D eigenvalue weighted by Gasteiger charge is -2.03. The lowest BCUT2D eigenvalue weighted by atomic mass is 10.5. The number of nitrogens with zero attached hydrogens (tertiary/aromatic N) is 2. The van der Waals surface area contributed by atoms with Crippen LogP contribution < -0.4 is 5.32 Å². The number of amides is 1. The van der Waals surface area contributed by atoms with E-state index in [1.54, 1.807) is 16.9 Å². The number of nitrogens with one attached hydrogen (secondary N) is 1. The monoisotopic (exact) mass is 171 g/mol. The number of aryl methyl sites for hydroxylation is 1. The summed E-state index contributed by atoms with van der Waals surface area (Å²) in [5.74, 6) is -0.120. The van der Waals surface area contributed by atoms with Crippen LogP contribution in [0, 0.1) is 0 Å². The van der Waals surface area contributed by atoms with Gasteiger partial charge < -0.3 is 5.32 Å². The molecule has 4 nitrogen and oxygen atoms in total. The molecule has 1 rings (SSSR count). The van der Waals surface area contributed by atoms with E-state index in [4.69, 9.17) is 0 Å². The molecule has 1 aromatic rings. The van der Waals surface area contributed by atoms with Crippen LogP contribution in [0.25, 0.3) is 0 Å². The molecule has 0 atom stereocenters. The molecule has 0 aromatic carbocycles. The second-order valence-electron chi connectivity index (χ2n) is 2.21. The van der Waals surface area contributed by atoms with Crippen molar-refractivity contribution in [1.82, 2.24) is 9.78 Å². The van der Waals surface area contributed by atoms with Crippen molar-refractivity contribution in [2.75, 3.05) is 12.0 Å². The average Bonchev–Trinajstić information content (AvgIpc) is 2.51. The number of carbonyl (C=O) groups excluding carboxylic acids is 1. The molecule has 12 heavy (non-hydrogen) atoms. The highest BCUT2D eigenvalue weighted by molar-refractivity contribution is 5.90. The summed E-state index contributed by atoms with van der Waals surface area (Å²) >= 11 is 0. The molecule has 0 aliphatic heterocycles. The van der Waals surface area contributed by atoms with Gasteiger partial charge in [-0.2, -0.15) is 5.10 Å². The van der Waals surface area contributed by atoms with Crippen LogP contribution in [0.5, 0.6) is 0 Å². The fourth-order valence-electron chi connectivity index (χ4n) is 0.867. The van der Waals surface area contributed by atoms with Gasteiger partial charge in [0.15, 0.2) is 6.67 Å². The molecule has 0 aliphatic carbocycles. The van der Waals surface area contributed by atoms with E-state index < -0.39 is 12.6 Å². The topological polar surface area (TPSA) is 46.9 Å². The first-order valence-corrected chi connectivity index (χ1v) is 3.65. The van der Waals surface area contributed by atoms with Crippen molar-refractivity contribution in [3.8, 4) is 0 Å². The van der Waals surface area contributed by atoms with Crippen LogP contribution in [-0.2, 0) is 11.3 Å². The van der Waals surface area contributed by atoms with Crippen molar-refractivity contribution < 1.29 is 9.18 Å². The summed E-state index contributed by atoms with van der Waals surface area (Å²) < 4.78 is 13.3. The Morgan fingerprint density at radius 1 is 1.83 bits per heavy atom. The molecule has 1 N–H and O–H groups in total. The second kappa shape index (κ2) is 3.85. The van der Waals surface area contributed by atoms with Gasteiger partial charge in [0.1, 0.15) is 5.82 Å². The van der Waals surface area contributed by atoms with Crippen LogP contribution in [0.1, 0.15) is 6.92 Å². The molecule has 0 spiro atoms. The van der Waals surface area contributed by atoms with Gasteiger partial charge in [0, 0.05) is 12.6 Å². The Morgan fingerprint density at radius 3 is 3.17 bits per heavy atom. The Balaban J connectivity index is 2.68. The van der Waals surface area contributed by atoms with Crippen LogP contribution in [0.15, 0.2) is 12.3 Å². The van der Waals surface area contributed by atoms with Gasteiger partial charge in [0.25, 0.3) is 5.91 Å². The summed E-state index contributed by atoms with van der Waals surface area (Å²) in [7, 11) is 0. The number of hydrogen-bond donors (Lipinski definition) is 1. The molecule has 1 aromatic heterocycles. The third-order valence-corrected chi connectivity index (χ3v) is 1.40. The maximum atomic E-state index is 11.8. The Morgan fingerprint density at radius 2 is 2.58 bits per heavy atom. The van der Waals surface area contributed by atoms with E-state index in [0.717, 1.165) is 0 Å². The Kier molecular flexibility index (Phi) is 2.79. The van der Waals surface area contributed by atoms with Crippen molar-refractivity contribution >= 4 is 11.7 Å². The lowest BCUT2D eigenvalue weighted by molar-refractivity contribution is -0.117. The van der Waals surface area contributed by atoms with Crippen LogP contribution >= 0.6 is 0 Å². The van der Waals surface area contributed by atoms with Crippen LogP contribution in [0.3, 0.4) is 0 Å². The number of alkyl halides is 1. The fourth-order valence-corrected chi connectivity index (χ4v) is 0.867. The Labute approximate surface area is 69.4 Å². The van der Waals surface area contributed by atoms with E-state index in [-0.39, 0.29) is 0 Å². The number of halogens is 1. The highest BCUT2D eigenvalue weighted by atomic mass is 19.1. The molecule has 0 fully saturated rings. The molecule has 66 valence electrons. The zero-order chi connectivity index (χ0) is 8.97. The van der Waals surface area contributed by atoms with E-state index in [2.05, 4.69) is 10.4 Å². The number of carbonyl (C=O) groups is 1. The van der Waals surface area contributed by atoms with Gasteiger partial charge in [-0.05, 0) is 6.92 Å². The van der Waals surface area contributed by atoms with Crippen molar-refractivity contribution in [1.29, 1.82) is 0 Å². The second-order valence-corrected chi connectivity index (χ2v) is 2.21. The van der Waals surface area contributed by atoms with Gasteiger partial charge in [0.2, 0.25) is 0 Å². The molecule has 0 bridgehead atoms. The van der Waals surface area contributed by atoms with Crippen LogP contribution in [0.2, 0.25) is 0 Å². The molecule has 0 saturated heterocycles. The third kappa shape index (κ3) is 1.81. The van der Waals surface area contributed by atoms with E-state index in [1.165, 1.54) is 0 Å². The lowest BCUT2D eigenvalue weighted by Crippen LogP contribution is -2.16.